The van der Waals surface area contributed by atoms with Crippen LogP contribution < -0.4 is 10.9 Å². The number of fused-ring (bicyclic) bond motifs is 1. The van der Waals surface area contributed by atoms with Crippen molar-refractivity contribution in [3.63, 3.8) is 0 Å². The fourth-order valence-electron chi connectivity index (χ4n) is 2.46. The second-order valence-electron chi connectivity index (χ2n) is 6.02. The van der Waals surface area contributed by atoms with Gasteiger partial charge in [0.05, 0.1) is 22.8 Å². The lowest BCUT2D eigenvalue weighted by Gasteiger charge is -2.10. The van der Waals surface area contributed by atoms with E-state index in [-0.39, 0.29) is 11.5 Å². The quantitative estimate of drug-likeness (QED) is 0.801. The zero-order valence-electron chi connectivity index (χ0n) is 13.6. The topological polar surface area (TPSA) is 76.9 Å². The summed E-state index contributed by atoms with van der Waals surface area (Å²) in [6, 6.07) is 8.51. The van der Waals surface area contributed by atoms with Crippen molar-refractivity contribution in [2.24, 2.45) is 5.92 Å². The molecule has 0 fully saturated rings. The normalized spacial score (nSPS) is 11.0. The molecule has 122 valence electrons. The third-order valence-electron chi connectivity index (χ3n) is 3.57. The SMILES string of the molecule is CC(C)Cn1cnc2ccc(NC(=O)c3cccnc3)cc2c1=O. The summed E-state index contributed by atoms with van der Waals surface area (Å²) in [5.74, 6) is 0.0734. The van der Waals surface area contributed by atoms with Crippen LogP contribution in [0.5, 0.6) is 0 Å². The van der Waals surface area contributed by atoms with Gasteiger partial charge in [-0.05, 0) is 36.2 Å². The van der Waals surface area contributed by atoms with Gasteiger partial charge in [-0.3, -0.25) is 19.1 Å². The first kappa shape index (κ1) is 15.9. The van der Waals surface area contributed by atoms with Gasteiger partial charge >= 0.3 is 0 Å². The standard InChI is InChI=1S/C18H18N4O2/c1-12(2)10-22-11-20-16-6-5-14(8-15(16)18(22)24)21-17(23)13-4-3-7-19-9-13/h3-9,11-12H,10H2,1-2H3,(H,21,23). The minimum absolute atomic E-state index is 0.105. The first-order valence-electron chi connectivity index (χ1n) is 7.75. The Morgan fingerprint density at radius 1 is 1.29 bits per heavy atom. The molecule has 0 aliphatic rings. The van der Waals surface area contributed by atoms with Crippen molar-refractivity contribution in [1.82, 2.24) is 14.5 Å². The second kappa shape index (κ2) is 6.62. The van der Waals surface area contributed by atoms with Crippen LogP contribution in [0.1, 0.15) is 24.2 Å². The number of anilines is 1. The van der Waals surface area contributed by atoms with Crippen molar-refractivity contribution in [2.75, 3.05) is 5.32 Å². The first-order valence-corrected chi connectivity index (χ1v) is 7.75. The average molecular weight is 322 g/mol. The molecule has 3 rings (SSSR count). The third kappa shape index (κ3) is 3.32. The Morgan fingerprint density at radius 2 is 2.12 bits per heavy atom. The lowest BCUT2D eigenvalue weighted by Crippen LogP contribution is -2.23. The van der Waals surface area contributed by atoms with Gasteiger partial charge in [0, 0.05) is 24.6 Å². The van der Waals surface area contributed by atoms with Crippen LogP contribution in [0.15, 0.2) is 53.8 Å². The highest BCUT2D eigenvalue weighted by Gasteiger charge is 2.09. The maximum absolute atomic E-state index is 12.6. The van der Waals surface area contributed by atoms with Crippen molar-refractivity contribution in [1.29, 1.82) is 0 Å². The van der Waals surface area contributed by atoms with E-state index in [4.69, 9.17) is 0 Å². The van der Waals surface area contributed by atoms with Crippen molar-refractivity contribution < 1.29 is 4.79 Å². The molecule has 1 aromatic carbocycles. The van der Waals surface area contributed by atoms with E-state index < -0.39 is 0 Å². The molecule has 1 amide bonds. The van der Waals surface area contributed by atoms with Crippen LogP contribution >= 0.6 is 0 Å². The van der Waals surface area contributed by atoms with Crippen LogP contribution in [0.3, 0.4) is 0 Å². The fraction of sp³-hybridized carbons (Fsp3) is 0.222. The molecule has 0 saturated carbocycles. The van der Waals surface area contributed by atoms with Gasteiger partial charge in [-0.15, -0.1) is 0 Å². The summed E-state index contributed by atoms with van der Waals surface area (Å²) in [6.07, 6.45) is 4.67. The lowest BCUT2D eigenvalue weighted by molar-refractivity contribution is 0.102. The van der Waals surface area contributed by atoms with Crippen LogP contribution in [-0.4, -0.2) is 20.4 Å². The Kier molecular flexibility index (Phi) is 4.37. The molecule has 0 atom stereocenters. The number of nitrogens with zero attached hydrogens (tertiary/aromatic N) is 3. The van der Waals surface area contributed by atoms with Gasteiger partial charge in [-0.25, -0.2) is 4.98 Å². The molecule has 0 radical (unpaired) electrons. The largest absolute Gasteiger partial charge is 0.322 e. The van der Waals surface area contributed by atoms with E-state index in [1.165, 1.54) is 6.20 Å². The number of rotatable bonds is 4. The van der Waals surface area contributed by atoms with Gasteiger partial charge in [0.25, 0.3) is 11.5 Å². The summed E-state index contributed by atoms with van der Waals surface area (Å²) in [6.45, 7) is 4.69. The van der Waals surface area contributed by atoms with E-state index in [1.54, 1.807) is 47.4 Å². The molecule has 24 heavy (non-hydrogen) atoms. The molecule has 6 nitrogen and oxygen atoms in total. The van der Waals surface area contributed by atoms with E-state index in [0.717, 1.165) is 0 Å². The zero-order valence-corrected chi connectivity index (χ0v) is 13.6. The van der Waals surface area contributed by atoms with Gasteiger partial charge in [0.1, 0.15) is 0 Å². The molecule has 3 aromatic rings. The summed E-state index contributed by atoms with van der Waals surface area (Å²) >= 11 is 0. The second-order valence-corrected chi connectivity index (χ2v) is 6.02. The molecule has 2 heterocycles. The van der Waals surface area contributed by atoms with Crippen molar-refractivity contribution in [2.45, 2.75) is 20.4 Å². The monoisotopic (exact) mass is 322 g/mol. The fourth-order valence-corrected chi connectivity index (χ4v) is 2.46. The molecule has 2 aromatic heterocycles. The Hall–Kier alpha value is -3.02. The Morgan fingerprint density at radius 3 is 2.83 bits per heavy atom. The number of hydrogen-bond acceptors (Lipinski definition) is 4. The zero-order chi connectivity index (χ0) is 17.1. The van der Waals surface area contributed by atoms with Crippen LogP contribution in [-0.2, 0) is 6.54 Å². The molecule has 0 spiro atoms. The Labute approximate surface area is 139 Å². The van der Waals surface area contributed by atoms with E-state index in [9.17, 15) is 9.59 Å². The number of pyridine rings is 1. The van der Waals surface area contributed by atoms with Crippen molar-refractivity contribution >= 4 is 22.5 Å². The molecule has 1 N–H and O–H groups in total. The summed E-state index contributed by atoms with van der Waals surface area (Å²) in [5.41, 5.74) is 1.52. The molecule has 6 heteroatoms. The smallest absolute Gasteiger partial charge is 0.261 e. The summed E-state index contributed by atoms with van der Waals surface area (Å²) in [7, 11) is 0. The molecule has 0 bridgehead atoms. The van der Waals surface area contributed by atoms with E-state index in [1.807, 2.05) is 13.8 Å². The first-order chi connectivity index (χ1) is 11.5. The van der Waals surface area contributed by atoms with E-state index >= 15 is 0 Å². The van der Waals surface area contributed by atoms with Gasteiger partial charge < -0.3 is 5.32 Å². The molecular weight excluding hydrogens is 304 g/mol. The van der Waals surface area contributed by atoms with Gasteiger partial charge in [0.15, 0.2) is 0 Å². The number of benzene rings is 1. The van der Waals surface area contributed by atoms with Crippen molar-refractivity contribution in [3.8, 4) is 0 Å². The van der Waals surface area contributed by atoms with Crippen molar-refractivity contribution in [3.05, 3.63) is 65.0 Å². The predicted octanol–water partition coefficient (Wildman–Crippen LogP) is 2.70. The number of amides is 1. The van der Waals surface area contributed by atoms with Crippen LogP contribution in [0.4, 0.5) is 5.69 Å². The summed E-state index contributed by atoms with van der Waals surface area (Å²) in [5, 5.41) is 3.27. The molecular formula is C18H18N4O2. The van der Waals surface area contributed by atoms with Gasteiger partial charge in [0.2, 0.25) is 0 Å². The lowest BCUT2D eigenvalue weighted by atomic mass is 10.2. The van der Waals surface area contributed by atoms with Crippen LogP contribution in [0.2, 0.25) is 0 Å². The maximum atomic E-state index is 12.6. The highest BCUT2D eigenvalue weighted by atomic mass is 16.1. The highest BCUT2D eigenvalue weighted by molar-refractivity contribution is 6.04. The molecule has 0 aliphatic heterocycles. The predicted molar refractivity (Wildman–Crippen MR) is 93.0 cm³/mol. The maximum Gasteiger partial charge on any atom is 0.261 e. The minimum atomic E-state index is -0.270. The minimum Gasteiger partial charge on any atom is -0.322 e. The van der Waals surface area contributed by atoms with E-state index in [2.05, 4.69) is 15.3 Å². The number of aromatic nitrogens is 3. The molecule has 0 unspecified atom stereocenters. The third-order valence-corrected chi connectivity index (χ3v) is 3.57. The number of carbonyl (C=O) groups excluding carboxylic acids is 1. The highest BCUT2D eigenvalue weighted by Crippen LogP contribution is 2.15. The Bertz CT molecular complexity index is 933. The van der Waals surface area contributed by atoms with Crippen LogP contribution in [0.25, 0.3) is 10.9 Å². The molecule has 0 aliphatic carbocycles. The summed E-state index contributed by atoms with van der Waals surface area (Å²) < 4.78 is 1.60. The van der Waals surface area contributed by atoms with Crippen LogP contribution in [0, 0.1) is 5.92 Å². The Balaban J connectivity index is 1.94. The van der Waals surface area contributed by atoms with Gasteiger partial charge in [-0.1, -0.05) is 13.8 Å². The number of nitrogens with one attached hydrogen (secondary N) is 1. The summed E-state index contributed by atoms with van der Waals surface area (Å²) in [4.78, 5) is 33.0. The van der Waals surface area contributed by atoms with Gasteiger partial charge in [-0.2, -0.15) is 0 Å². The van der Waals surface area contributed by atoms with E-state index in [0.29, 0.717) is 34.6 Å². The average Bonchev–Trinajstić information content (AvgIpc) is 2.58. The number of carbonyl (C=O) groups is 1. The molecule has 0 saturated heterocycles. The number of hydrogen-bond donors (Lipinski definition) is 1.